The molecule has 0 saturated carbocycles. The van der Waals surface area contributed by atoms with Gasteiger partial charge in [0.1, 0.15) is 5.97 Å². The molecule has 0 rings (SSSR count). The first-order valence-electron chi connectivity index (χ1n) is 4.75. The minimum atomic E-state index is -3.71. The minimum absolute atomic E-state index is 0. The van der Waals surface area contributed by atoms with Crippen molar-refractivity contribution in [3.63, 3.8) is 0 Å². The van der Waals surface area contributed by atoms with Crippen LogP contribution in [0.5, 0.6) is 0 Å². The van der Waals surface area contributed by atoms with E-state index in [1.165, 1.54) is 0 Å². The van der Waals surface area contributed by atoms with Crippen molar-refractivity contribution in [1.29, 1.82) is 0 Å². The van der Waals surface area contributed by atoms with Crippen LogP contribution in [0.1, 0.15) is 0 Å². The SMILES string of the molecule is O=C(F)C(=O)OP(OC(=O)C(=O)F)OC(=O)C(=O)F.O=C([O-])C(=O)F.[Li+]. The first-order chi connectivity index (χ1) is 11.3. The maximum Gasteiger partial charge on any atom is 1.00 e. The van der Waals surface area contributed by atoms with Crippen LogP contribution in [-0.2, 0) is 51.9 Å². The van der Waals surface area contributed by atoms with Crippen LogP contribution in [0.2, 0.25) is 0 Å². The summed E-state index contributed by atoms with van der Waals surface area (Å²) in [4.78, 5) is 78.3. The van der Waals surface area contributed by atoms with Gasteiger partial charge in [0.05, 0.1) is 0 Å². The molecule has 18 heteroatoms. The molecule has 12 nitrogen and oxygen atoms in total. The molecule has 0 fully saturated rings. The van der Waals surface area contributed by atoms with E-state index < -0.39 is 56.6 Å². The van der Waals surface area contributed by atoms with E-state index in [1.54, 1.807) is 0 Å². The molecule has 0 aliphatic carbocycles. The van der Waals surface area contributed by atoms with Crippen molar-refractivity contribution >= 4 is 56.6 Å². The Hall–Kier alpha value is -2.69. The minimum Gasteiger partial charge on any atom is -0.540 e. The monoisotopic (exact) mass is 402 g/mol. The van der Waals surface area contributed by atoms with Crippen molar-refractivity contribution < 1.29 is 93.5 Å². The molecule has 0 spiro atoms. The Balaban J connectivity index is -0.000000649. The molecule has 138 valence electrons. The van der Waals surface area contributed by atoms with Gasteiger partial charge in [0.25, 0.3) is 0 Å². The number of carboxylic acid groups (broad SMARTS) is 1. The topological polar surface area (TPSA) is 187 Å². The van der Waals surface area contributed by atoms with Gasteiger partial charge in [0.15, 0.2) is 0 Å². The molecular weight excluding hydrogens is 402 g/mol. The summed E-state index contributed by atoms with van der Waals surface area (Å²) in [6, 6.07) is -10.6. The van der Waals surface area contributed by atoms with Crippen LogP contribution < -0.4 is 24.0 Å². The van der Waals surface area contributed by atoms with Crippen molar-refractivity contribution in [2.24, 2.45) is 0 Å². The van der Waals surface area contributed by atoms with Crippen molar-refractivity contribution in [2.45, 2.75) is 0 Å². The van der Waals surface area contributed by atoms with Crippen LogP contribution in [-0.4, -0.2) is 48.0 Å². The Morgan fingerprint density at radius 3 is 0.885 bits per heavy atom. The molecule has 0 radical (unpaired) electrons. The first kappa shape index (κ1) is 28.1. The molecule has 0 aliphatic heterocycles. The maximum absolute atomic E-state index is 11.8. The normalized spacial score (nSPS) is 8.65. The predicted molar refractivity (Wildman–Crippen MR) is 54.7 cm³/mol. The average molecular weight is 402 g/mol. The van der Waals surface area contributed by atoms with Crippen molar-refractivity contribution in [1.82, 2.24) is 0 Å². The van der Waals surface area contributed by atoms with Crippen LogP contribution in [0.25, 0.3) is 0 Å². The number of rotatable bonds is 7. The Labute approximate surface area is 150 Å². The third-order valence-electron chi connectivity index (χ3n) is 1.11. The third-order valence-corrected chi connectivity index (χ3v) is 2.06. The summed E-state index contributed by atoms with van der Waals surface area (Å²) in [6.45, 7) is 0. The summed E-state index contributed by atoms with van der Waals surface area (Å²) in [5, 5.41) is 8.86. The van der Waals surface area contributed by atoms with Crippen LogP contribution in [0.3, 0.4) is 0 Å². The largest absolute Gasteiger partial charge is 1.00 e. The molecule has 0 aliphatic rings. The number of carbonyl (C=O) groups excluding carboxylic acids is 8. The van der Waals surface area contributed by atoms with E-state index >= 15 is 0 Å². The smallest absolute Gasteiger partial charge is 0.540 e. The molecule has 0 amide bonds. The molecule has 0 aromatic heterocycles. The van der Waals surface area contributed by atoms with Crippen LogP contribution in [0.4, 0.5) is 17.6 Å². The van der Waals surface area contributed by atoms with Gasteiger partial charge in [-0.25, -0.2) is 28.8 Å². The van der Waals surface area contributed by atoms with E-state index in [0.717, 1.165) is 0 Å². The molecule has 0 unspecified atom stereocenters. The number of aliphatic carboxylic acids is 1. The zero-order valence-corrected chi connectivity index (χ0v) is 12.8. The van der Waals surface area contributed by atoms with Gasteiger partial charge in [-0.15, -0.1) is 0 Å². The zero-order chi connectivity index (χ0) is 20.3. The second kappa shape index (κ2) is 13.6. The summed E-state index contributed by atoms with van der Waals surface area (Å²) < 4.78 is 56.5. The number of carboxylic acids is 1. The van der Waals surface area contributed by atoms with Gasteiger partial charge in [-0.3, -0.25) is 4.79 Å². The molecule has 0 heterocycles. The molecule has 0 aromatic carbocycles. The van der Waals surface area contributed by atoms with E-state index in [4.69, 9.17) is 14.7 Å². The van der Waals surface area contributed by atoms with E-state index in [9.17, 15) is 46.3 Å². The average Bonchev–Trinajstić information content (AvgIpc) is 2.46. The number of carbonyl (C=O) groups is 8. The number of hydrogen-bond acceptors (Lipinski definition) is 12. The third kappa shape index (κ3) is 13.7. The number of hydrogen-bond donors (Lipinski definition) is 0. The van der Waals surface area contributed by atoms with Gasteiger partial charge in [-0.2, -0.15) is 17.6 Å². The summed E-state index contributed by atoms with van der Waals surface area (Å²) in [7, 11) is -3.71. The van der Waals surface area contributed by atoms with Crippen molar-refractivity contribution in [3.05, 3.63) is 0 Å². The molecule has 26 heavy (non-hydrogen) atoms. The Kier molecular flexibility index (Phi) is 14.7. The molecular formula is C8F4LiO12P. The van der Waals surface area contributed by atoms with E-state index in [1.807, 2.05) is 0 Å². The Bertz CT molecular complexity index is 558. The standard InChI is InChI=1S/C6F3O9P.C2HFO3.Li/c7-1(10)4(13)16-19(17-5(14)2(8)11)18-6(15)3(9)12;3-1(4)2(5)6;/h;(H,5,6);/q;;+1/p-1. The second-order valence-electron chi connectivity index (χ2n) is 2.74. The zero-order valence-electron chi connectivity index (χ0n) is 11.9. The Morgan fingerprint density at radius 1 is 0.577 bits per heavy atom. The predicted octanol–water partition coefficient (Wildman–Crippen LogP) is -5.43. The van der Waals surface area contributed by atoms with Gasteiger partial charge in [-0.1, -0.05) is 0 Å². The second-order valence-corrected chi connectivity index (χ2v) is 3.74. The summed E-state index contributed by atoms with van der Waals surface area (Å²) in [6.07, 6.45) is 0. The fourth-order valence-electron chi connectivity index (χ4n) is 0.367. The van der Waals surface area contributed by atoms with E-state index in [0.29, 0.717) is 0 Å². The molecule has 0 atom stereocenters. The summed E-state index contributed by atoms with van der Waals surface area (Å²) >= 11 is 0. The Morgan fingerprint density at radius 2 is 0.769 bits per heavy atom. The van der Waals surface area contributed by atoms with Crippen molar-refractivity contribution in [2.75, 3.05) is 0 Å². The summed E-state index contributed by atoms with van der Waals surface area (Å²) in [5.74, 6) is -9.37. The van der Waals surface area contributed by atoms with Gasteiger partial charge >= 0.3 is 69.5 Å². The first-order valence-corrected chi connectivity index (χ1v) is 5.85. The van der Waals surface area contributed by atoms with Gasteiger partial charge in [-0.05, 0) is 0 Å². The van der Waals surface area contributed by atoms with E-state index in [2.05, 4.69) is 13.6 Å². The fraction of sp³-hybridized carbons (Fsp3) is 0. The molecule has 0 aromatic rings. The number of halogens is 4. The summed E-state index contributed by atoms with van der Waals surface area (Å²) in [5.41, 5.74) is 0. The molecule has 0 saturated heterocycles. The quantitative estimate of drug-likeness (QED) is 0.129. The van der Waals surface area contributed by atoms with Crippen LogP contribution in [0.15, 0.2) is 0 Å². The fourth-order valence-corrected chi connectivity index (χ4v) is 1.10. The molecule has 0 N–H and O–H groups in total. The van der Waals surface area contributed by atoms with Crippen LogP contribution >= 0.6 is 8.60 Å². The maximum atomic E-state index is 11.8. The van der Waals surface area contributed by atoms with Crippen molar-refractivity contribution in [3.8, 4) is 0 Å². The van der Waals surface area contributed by atoms with E-state index in [-0.39, 0.29) is 18.9 Å². The van der Waals surface area contributed by atoms with Gasteiger partial charge in [0, 0.05) is 0 Å². The van der Waals surface area contributed by atoms with Gasteiger partial charge in [0.2, 0.25) is 0 Å². The molecule has 0 bridgehead atoms. The van der Waals surface area contributed by atoms with Gasteiger partial charge < -0.3 is 23.5 Å². The van der Waals surface area contributed by atoms with Crippen LogP contribution in [0, 0.1) is 0 Å².